The highest BCUT2D eigenvalue weighted by Gasteiger charge is 2.16. The van der Waals surface area contributed by atoms with Gasteiger partial charge in [0.1, 0.15) is 0 Å². The highest BCUT2D eigenvalue weighted by Crippen LogP contribution is 2.30. The molecule has 0 aromatic heterocycles. The normalized spacial score (nSPS) is 12.3. The largest absolute Gasteiger partial charge is 0.306 e. The van der Waals surface area contributed by atoms with Crippen LogP contribution >= 0.6 is 27.7 Å². The van der Waals surface area contributed by atoms with Crippen LogP contribution in [0.3, 0.4) is 0 Å². The zero-order valence-corrected chi connectivity index (χ0v) is 14.3. The average Bonchev–Trinajstić information content (AvgIpc) is 2.50. The molecule has 0 aliphatic carbocycles. The molecule has 0 radical (unpaired) electrons. The summed E-state index contributed by atoms with van der Waals surface area (Å²) >= 11 is 5.31. The predicted octanol–water partition coefficient (Wildman–Crippen LogP) is 5.26. The summed E-state index contributed by atoms with van der Waals surface area (Å²) < 4.78 is 1.12. The second-order valence-corrected chi connectivity index (χ2v) is 6.44. The third-order valence-electron chi connectivity index (χ3n) is 3.25. The van der Waals surface area contributed by atoms with Gasteiger partial charge < -0.3 is 5.32 Å². The van der Waals surface area contributed by atoms with Gasteiger partial charge in [-0.25, -0.2) is 0 Å². The number of hydrogen-bond donors (Lipinski definition) is 1. The summed E-state index contributed by atoms with van der Waals surface area (Å²) in [5.41, 5.74) is 2.67. The van der Waals surface area contributed by atoms with Crippen LogP contribution in [0, 0.1) is 0 Å². The molecule has 1 nitrogen and oxygen atoms in total. The quantitative estimate of drug-likeness (QED) is 0.713. The van der Waals surface area contributed by atoms with Crippen molar-refractivity contribution in [3.8, 4) is 0 Å². The third-order valence-corrected chi connectivity index (χ3v) is 4.59. The molecule has 0 saturated carbocycles. The lowest BCUT2D eigenvalue weighted by molar-refractivity contribution is 0.592. The van der Waals surface area contributed by atoms with E-state index in [2.05, 4.69) is 83.0 Å². The van der Waals surface area contributed by atoms with Crippen LogP contribution in [-0.4, -0.2) is 12.8 Å². The zero-order chi connectivity index (χ0) is 14.4. The fourth-order valence-corrected chi connectivity index (χ4v) is 3.16. The highest BCUT2D eigenvalue weighted by atomic mass is 79.9. The van der Waals surface area contributed by atoms with Gasteiger partial charge in [0.15, 0.2) is 0 Å². The molecule has 0 aliphatic heterocycles. The maximum absolute atomic E-state index is 3.67. The zero-order valence-electron chi connectivity index (χ0n) is 11.9. The van der Waals surface area contributed by atoms with E-state index in [9.17, 15) is 0 Å². The molecule has 2 aromatic rings. The van der Waals surface area contributed by atoms with Gasteiger partial charge in [-0.2, -0.15) is 0 Å². The molecule has 0 fully saturated rings. The lowest BCUT2D eigenvalue weighted by Crippen LogP contribution is -2.23. The second-order valence-electron chi connectivity index (χ2n) is 4.68. The van der Waals surface area contributed by atoms with Crippen LogP contribution < -0.4 is 5.32 Å². The highest BCUT2D eigenvalue weighted by molar-refractivity contribution is 9.10. The van der Waals surface area contributed by atoms with E-state index in [4.69, 9.17) is 0 Å². The Balaban J connectivity index is 2.38. The van der Waals surface area contributed by atoms with Crippen molar-refractivity contribution in [2.24, 2.45) is 0 Å². The molecule has 106 valence electrons. The Labute approximate surface area is 134 Å². The summed E-state index contributed by atoms with van der Waals surface area (Å²) in [6.45, 7) is 3.22. The first-order chi connectivity index (χ1) is 9.76. The van der Waals surface area contributed by atoms with E-state index in [1.54, 1.807) is 11.8 Å². The third kappa shape index (κ3) is 3.87. The van der Waals surface area contributed by atoms with E-state index in [0.29, 0.717) is 0 Å². The minimum absolute atomic E-state index is 0.256. The molecule has 2 rings (SSSR count). The molecule has 20 heavy (non-hydrogen) atoms. The van der Waals surface area contributed by atoms with Crippen molar-refractivity contribution in [1.29, 1.82) is 0 Å². The Kier molecular flexibility index (Phi) is 6.14. The fraction of sp³-hybridized carbons (Fsp3) is 0.294. The average molecular weight is 350 g/mol. The molecule has 2 aromatic carbocycles. The predicted molar refractivity (Wildman–Crippen MR) is 92.5 cm³/mol. The second kappa shape index (κ2) is 7.87. The van der Waals surface area contributed by atoms with Crippen molar-refractivity contribution in [2.45, 2.75) is 24.3 Å². The van der Waals surface area contributed by atoms with Gasteiger partial charge in [0.05, 0.1) is 6.04 Å². The van der Waals surface area contributed by atoms with Crippen LogP contribution in [0.4, 0.5) is 0 Å². The van der Waals surface area contributed by atoms with E-state index < -0.39 is 0 Å². The molecular formula is C17H20BrNS. The van der Waals surface area contributed by atoms with Gasteiger partial charge in [0.2, 0.25) is 0 Å². The molecule has 3 heteroatoms. The lowest BCUT2D eigenvalue weighted by atomic mass is 9.98. The minimum Gasteiger partial charge on any atom is -0.306 e. The standard InChI is InChI=1S/C17H20BrNS/c1-3-12-19-17(13-8-10-14(18)11-9-13)15-6-4-5-7-16(15)20-2/h4-11,17,19H,3,12H2,1-2H3. The Morgan fingerprint density at radius 3 is 2.45 bits per heavy atom. The molecule has 0 aliphatic rings. The van der Waals surface area contributed by atoms with Crippen LogP contribution in [0.1, 0.15) is 30.5 Å². The number of halogens is 1. The van der Waals surface area contributed by atoms with Crippen molar-refractivity contribution < 1.29 is 0 Å². The van der Waals surface area contributed by atoms with Crippen molar-refractivity contribution >= 4 is 27.7 Å². The first kappa shape index (κ1) is 15.6. The van der Waals surface area contributed by atoms with E-state index in [0.717, 1.165) is 17.4 Å². The number of rotatable bonds is 6. The van der Waals surface area contributed by atoms with Gasteiger partial charge in [-0.3, -0.25) is 0 Å². The van der Waals surface area contributed by atoms with Gasteiger partial charge in [0.25, 0.3) is 0 Å². The van der Waals surface area contributed by atoms with Crippen LogP contribution in [-0.2, 0) is 0 Å². The molecule has 0 amide bonds. The number of benzene rings is 2. The number of nitrogens with one attached hydrogen (secondary N) is 1. The SMILES string of the molecule is CCCNC(c1ccc(Br)cc1)c1ccccc1SC. The van der Waals surface area contributed by atoms with Crippen molar-refractivity contribution in [3.05, 3.63) is 64.1 Å². The van der Waals surface area contributed by atoms with Gasteiger partial charge in [0, 0.05) is 9.37 Å². The van der Waals surface area contributed by atoms with Crippen LogP contribution in [0.25, 0.3) is 0 Å². The first-order valence-corrected chi connectivity index (χ1v) is 8.89. The van der Waals surface area contributed by atoms with Crippen molar-refractivity contribution in [3.63, 3.8) is 0 Å². The number of thioether (sulfide) groups is 1. The summed E-state index contributed by atoms with van der Waals surface area (Å²) in [5, 5.41) is 3.67. The Bertz CT molecular complexity index is 539. The van der Waals surface area contributed by atoms with Crippen LogP contribution in [0.2, 0.25) is 0 Å². The van der Waals surface area contributed by atoms with Gasteiger partial charge in [-0.05, 0) is 48.5 Å². The Morgan fingerprint density at radius 1 is 1.10 bits per heavy atom. The molecule has 1 atom stereocenters. The van der Waals surface area contributed by atoms with E-state index in [-0.39, 0.29) is 6.04 Å². The fourth-order valence-electron chi connectivity index (χ4n) is 2.26. The maximum atomic E-state index is 3.67. The van der Waals surface area contributed by atoms with E-state index in [1.165, 1.54) is 16.0 Å². The summed E-state index contributed by atoms with van der Waals surface area (Å²) in [4.78, 5) is 1.34. The summed E-state index contributed by atoms with van der Waals surface area (Å²) in [7, 11) is 0. The molecule has 1 unspecified atom stereocenters. The topological polar surface area (TPSA) is 12.0 Å². The van der Waals surface area contributed by atoms with Gasteiger partial charge in [-0.15, -0.1) is 11.8 Å². The molecule has 1 N–H and O–H groups in total. The van der Waals surface area contributed by atoms with Crippen molar-refractivity contribution in [2.75, 3.05) is 12.8 Å². The minimum atomic E-state index is 0.256. The van der Waals surface area contributed by atoms with E-state index in [1.807, 2.05) is 0 Å². The van der Waals surface area contributed by atoms with Crippen molar-refractivity contribution in [1.82, 2.24) is 5.32 Å². The summed E-state index contributed by atoms with van der Waals surface area (Å²) in [5.74, 6) is 0. The smallest absolute Gasteiger partial charge is 0.0587 e. The van der Waals surface area contributed by atoms with Gasteiger partial charge >= 0.3 is 0 Å². The molecule has 0 heterocycles. The van der Waals surface area contributed by atoms with Gasteiger partial charge in [-0.1, -0.05) is 53.2 Å². The summed E-state index contributed by atoms with van der Waals surface area (Å²) in [6.07, 6.45) is 3.27. The van der Waals surface area contributed by atoms with E-state index >= 15 is 0 Å². The first-order valence-electron chi connectivity index (χ1n) is 6.88. The van der Waals surface area contributed by atoms with Crippen LogP contribution in [0.15, 0.2) is 57.9 Å². The lowest BCUT2D eigenvalue weighted by Gasteiger charge is -2.22. The summed E-state index contributed by atoms with van der Waals surface area (Å²) in [6, 6.07) is 17.5. The monoisotopic (exact) mass is 349 g/mol. The Hall–Kier alpha value is -0.770. The molecule has 0 spiro atoms. The molecular weight excluding hydrogens is 330 g/mol. The molecule has 0 bridgehead atoms. The maximum Gasteiger partial charge on any atom is 0.0587 e. The number of hydrogen-bond acceptors (Lipinski definition) is 2. The molecule has 0 saturated heterocycles. The Morgan fingerprint density at radius 2 is 1.80 bits per heavy atom. The van der Waals surface area contributed by atoms with Crippen LogP contribution in [0.5, 0.6) is 0 Å².